The van der Waals surface area contributed by atoms with Gasteiger partial charge in [0.1, 0.15) is 0 Å². The average Bonchev–Trinajstić information content (AvgIpc) is 2.64. The van der Waals surface area contributed by atoms with Crippen molar-refractivity contribution in [3.05, 3.63) is 113 Å². The van der Waals surface area contributed by atoms with Crippen LogP contribution in [0, 0.1) is 0 Å². The second-order valence-corrected chi connectivity index (χ2v) is 5.83. The third-order valence-corrected chi connectivity index (χ3v) is 3.91. The summed E-state index contributed by atoms with van der Waals surface area (Å²) in [6, 6.07) is 31.1. The first-order valence-electron chi connectivity index (χ1n) is 8.21. The van der Waals surface area contributed by atoms with Crippen molar-refractivity contribution in [1.29, 1.82) is 0 Å². The predicted molar refractivity (Wildman–Crippen MR) is 103 cm³/mol. The summed E-state index contributed by atoms with van der Waals surface area (Å²) in [5.41, 5.74) is 5.87. The van der Waals surface area contributed by atoms with Crippen molar-refractivity contribution in [1.82, 2.24) is 0 Å². The van der Waals surface area contributed by atoms with Gasteiger partial charge in [-0.25, -0.2) is 0 Å². The number of hydrogen-bond donors (Lipinski definition) is 0. The molecule has 3 aromatic carbocycles. The van der Waals surface area contributed by atoms with E-state index in [-0.39, 0.29) is 0 Å². The van der Waals surface area contributed by atoms with Crippen molar-refractivity contribution >= 4 is 11.9 Å². The molecule has 0 fully saturated rings. The van der Waals surface area contributed by atoms with E-state index in [9.17, 15) is 0 Å². The fraction of sp³-hybridized carbons (Fsp3) is 0.0870. The van der Waals surface area contributed by atoms with Gasteiger partial charge in [0.05, 0.1) is 5.70 Å². The summed E-state index contributed by atoms with van der Waals surface area (Å²) in [7, 11) is 0. The van der Waals surface area contributed by atoms with E-state index in [4.69, 9.17) is 4.99 Å². The zero-order chi connectivity index (χ0) is 16.6. The molecule has 0 bridgehead atoms. The molecule has 0 N–H and O–H groups in total. The van der Waals surface area contributed by atoms with Gasteiger partial charge in [0.2, 0.25) is 0 Å². The summed E-state index contributed by atoms with van der Waals surface area (Å²) in [6.45, 7) is 2.16. The largest absolute Gasteiger partial charge is 0.256 e. The average molecular weight is 311 g/mol. The van der Waals surface area contributed by atoms with Crippen molar-refractivity contribution in [3.8, 4) is 0 Å². The standard InChI is InChI=1S/C23H21N/c1-19(17-20-11-5-2-6-12-20)23(22-15-9-4-10-16-22)24-18-21-13-7-3-8-14-21/h2-16,18H,17H2,1H3. The number of hydrogen-bond acceptors (Lipinski definition) is 1. The highest BCUT2D eigenvalue weighted by atomic mass is 14.7. The van der Waals surface area contributed by atoms with Crippen molar-refractivity contribution in [3.63, 3.8) is 0 Å². The Morgan fingerprint density at radius 2 is 1.29 bits per heavy atom. The van der Waals surface area contributed by atoms with E-state index < -0.39 is 0 Å². The third kappa shape index (κ3) is 4.30. The maximum absolute atomic E-state index is 4.81. The van der Waals surface area contributed by atoms with E-state index in [0.717, 1.165) is 23.2 Å². The molecule has 0 aliphatic rings. The summed E-state index contributed by atoms with van der Waals surface area (Å²) < 4.78 is 0. The topological polar surface area (TPSA) is 12.4 Å². The summed E-state index contributed by atoms with van der Waals surface area (Å²) in [6.07, 6.45) is 2.84. The third-order valence-electron chi connectivity index (χ3n) is 3.91. The molecule has 0 amide bonds. The van der Waals surface area contributed by atoms with Crippen LogP contribution in [-0.4, -0.2) is 6.21 Å². The normalized spacial score (nSPS) is 12.2. The molecule has 1 nitrogen and oxygen atoms in total. The zero-order valence-electron chi connectivity index (χ0n) is 13.9. The predicted octanol–water partition coefficient (Wildman–Crippen LogP) is 5.78. The lowest BCUT2D eigenvalue weighted by Gasteiger charge is -2.09. The quantitative estimate of drug-likeness (QED) is 0.530. The Labute approximate surface area is 144 Å². The fourth-order valence-electron chi connectivity index (χ4n) is 2.69. The van der Waals surface area contributed by atoms with Gasteiger partial charge in [0.25, 0.3) is 0 Å². The lowest BCUT2D eigenvalue weighted by Crippen LogP contribution is -1.93. The van der Waals surface area contributed by atoms with Gasteiger partial charge in [-0.3, -0.25) is 4.99 Å². The summed E-state index contributed by atoms with van der Waals surface area (Å²) in [5.74, 6) is 0. The van der Waals surface area contributed by atoms with Gasteiger partial charge < -0.3 is 0 Å². The Morgan fingerprint density at radius 1 is 0.750 bits per heavy atom. The lowest BCUT2D eigenvalue weighted by molar-refractivity contribution is 1.14. The molecule has 118 valence electrons. The van der Waals surface area contributed by atoms with Crippen LogP contribution in [-0.2, 0) is 6.42 Å². The van der Waals surface area contributed by atoms with Crippen LogP contribution in [0.1, 0.15) is 23.6 Å². The monoisotopic (exact) mass is 311 g/mol. The molecule has 0 unspecified atom stereocenters. The van der Waals surface area contributed by atoms with Crippen LogP contribution in [0.25, 0.3) is 5.70 Å². The number of rotatable bonds is 5. The van der Waals surface area contributed by atoms with Gasteiger partial charge in [0.15, 0.2) is 0 Å². The van der Waals surface area contributed by atoms with E-state index in [1.807, 2.05) is 36.5 Å². The van der Waals surface area contributed by atoms with Crippen LogP contribution in [0.4, 0.5) is 0 Å². The first kappa shape index (κ1) is 15.9. The SMILES string of the molecule is CC(Cc1ccccc1)=C(N=Cc1ccccc1)c1ccccc1. The molecule has 1 heteroatoms. The first-order valence-corrected chi connectivity index (χ1v) is 8.21. The minimum atomic E-state index is 0.900. The van der Waals surface area contributed by atoms with Crippen molar-refractivity contribution in [2.45, 2.75) is 13.3 Å². The highest BCUT2D eigenvalue weighted by Crippen LogP contribution is 2.23. The Kier molecular flexibility index (Phi) is 5.36. The highest BCUT2D eigenvalue weighted by molar-refractivity contribution is 5.86. The number of benzene rings is 3. The number of aliphatic imine (C=N–C) groups is 1. The second kappa shape index (κ2) is 8.07. The minimum Gasteiger partial charge on any atom is -0.256 e. The molecule has 0 saturated heterocycles. The van der Waals surface area contributed by atoms with Gasteiger partial charge >= 0.3 is 0 Å². The molecular formula is C23H21N. The summed E-state index contributed by atoms with van der Waals surface area (Å²) in [4.78, 5) is 4.81. The van der Waals surface area contributed by atoms with Crippen molar-refractivity contribution in [2.75, 3.05) is 0 Å². The van der Waals surface area contributed by atoms with Crippen LogP contribution in [0.3, 0.4) is 0 Å². The molecule has 0 spiro atoms. The molecular weight excluding hydrogens is 290 g/mol. The Morgan fingerprint density at radius 3 is 1.92 bits per heavy atom. The Hall–Kier alpha value is -2.93. The van der Waals surface area contributed by atoms with Gasteiger partial charge in [-0.2, -0.15) is 0 Å². The number of nitrogens with zero attached hydrogens (tertiary/aromatic N) is 1. The molecule has 0 saturated carbocycles. The van der Waals surface area contributed by atoms with Gasteiger partial charge in [-0.05, 0) is 30.0 Å². The fourth-order valence-corrected chi connectivity index (χ4v) is 2.69. The first-order chi connectivity index (χ1) is 11.8. The zero-order valence-corrected chi connectivity index (χ0v) is 13.9. The summed E-state index contributed by atoms with van der Waals surface area (Å²) in [5, 5.41) is 0. The van der Waals surface area contributed by atoms with Gasteiger partial charge in [0, 0.05) is 11.8 Å². The lowest BCUT2D eigenvalue weighted by atomic mass is 10.0. The van der Waals surface area contributed by atoms with E-state index in [2.05, 4.69) is 67.6 Å². The molecule has 24 heavy (non-hydrogen) atoms. The molecule has 3 aromatic rings. The molecule has 0 aromatic heterocycles. The van der Waals surface area contributed by atoms with Crippen molar-refractivity contribution < 1.29 is 0 Å². The van der Waals surface area contributed by atoms with Gasteiger partial charge in [-0.1, -0.05) is 91.0 Å². The van der Waals surface area contributed by atoms with E-state index in [1.54, 1.807) is 0 Å². The summed E-state index contributed by atoms with van der Waals surface area (Å²) >= 11 is 0. The minimum absolute atomic E-state index is 0.900. The maximum atomic E-state index is 4.81. The van der Waals surface area contributed by atoms with E-state index in [0.29, 0.717) is 0 Å². The van der Waals surface area contributed by atoms with Crippen molar-refractivity contribution in [2.24, 2.45) is 4.99 Å². The Balaban J connectivity index is 1.95. The molecule has 0 radical (unpaired) electrons. The maximum Gasteiger partial charge on any atom is 0.0694 e. The van der Waals surface area contributed by atoms with E-state index in [1.165, 1.54) is 11.1 Å². The molecule has 0 aliphatic heterocycles. The van der Waals surface area contributed by atoms with Crippen LogP contribution >= 0.6 is 0 Å². The van der Waals surface area contributed by atoms with E-state index >= 15 is 0 Å². The van der Waals surface area contributed by atoms with Crippen LogP contribution in [0.15, 0.2) is 102 Å². The molecule has 3 rings (SSSR count). The van der Waals surface area contributed by atoms with Crippen LogP contribution in [0.5, 0.6) is 0 Å². The Bertz CT molecular complexity index is 816. The van der Waals surface area contributed by atoms with Crippen LogP contribution < -0.4 is 0 Å². The molecule has 0 heterocycles. The second-order valence-electron chi connectivity index (χ2n) is 5.83. The highest BCUT2D eigenvalue weighted by Gasteiger charge is 2.05. The molecule has 0 aliphatic carbocycles. The number of allylic oxidation sites excluding steroid dienone is 1. The van der Waals surface area contributed by atoms with Crippen LogP contribution in [0.2, 0.25) is 0 Å². The smallest absolute Gasteiger partial charge is 0.0694 e. The molecule has 0 atom stereocenters. The van der Waals surface area contributed by atoms with Gasteiger partial charge in [-0.15, -0.1) is 0 Å².